The third-order valence-corrected chi connectivity index (χ3v) is 2.56. The standard InChI is InChI=1S/C9H11BrN2O2/c1-2-14-9(13)5-3-4-6(11)8(12)7(5)10/h3-4H,2,11-12H2,1H3. The maximum atomic E-state index is 11.4. The molecule has 0 aliphatic carbocycles. The second-order valence-electron chi connectivity index (χ2n) is 2.65. The molecular formula is C9H11BrN2O2. The molecule has 4 nitrogen and oxygen atoms in total. The van der Waals surface area contributed by atoms with Gasteiger partial charge in [0.25, 0.3) is 0 Å². The van der Waals surface area contributed by atoms with E-state index in [9.17, 15) is 4.79 Å². The Labute approximate surface area is 90.3 Å². The monoisotopic (exact) mass is 258 g/mol. The van der Waals surface area contributed by atoms with Gasteiger partial charge in [0.15, 0.2) is 0 Å². The SMILES string of the molecule is CCOC(=O)c1ccc(N)c(N)c1Br. The number of nitrogen functional groups attached to an aromatic ring is 2. The normalized spacial score (nSPS) is 9.86. The average Bonchev–Trinajstić information content (AvgIpc) is 2.15. The van der Waals surface area contributed by atoms with Gasteiger partial charge in [-0.25, -0.2) is 4.79 Å². The number of carbonyl (C=O) groups excluding carboxylic acids is 1. The predicted molar refractivity (Wildman–Crippen MR) is 58.9 cm³/mol. The lowest BCUT2D eigenvalue weighted by Crippen LogP contribution is -2.07. The largest absolute Gasteiger partial charge is 0.462 e. The number of carbonyl (C=O) groups is 1. The third kappa shape index (κ3) is 1.98. The molecule has 0 spiro atoms. The topological polar surface area (TPSA) is 78.3 Å². The highest BCUT2D eigenvalue weighted by Gasteiger charge is 2.14. The van der Waals surface area contributed by atoms with Crippen LogP contribution in [0.3, 0.4) is 0 Å². The molecule has 5 heteroatoms. The van der Waals surface area contributed by atoms with Crippen LogP contribution in [0.25, 0.3) is 0 Å². The van der Waals surface area contributed by atoms with Gasteiger partial charge >= 0.3 is 5.97 Å². The predicted octanol–water partition coefficient (Wildman–Crippen LogP) is 1.79. The molecule has 1 rings (SSSR count). The van der Waals surface area contributed by atoms with E-state index >= 15 is 0 Å². The summed E-state index contributed by atoms with van der Waals surface area (Å²) in [6.45, 7) is 2.07. The van der Waals surface area contributed by atoms with E-state index in [1.54, 1.807) is 19.1 Å². The van der Waals surface area contributed by atoms with Crippen LogP contribution in [0.5, 0.6) is 0 Å². The van der Waals surface area contributed by atoms with Gasteiger partial charge in [-0.1, -0.05) is 0 Å². The summed E-state index contributed by atoms with van der Waals surface area (Å²) in [5.41, 5.74) is 12.4. The third-order valence-electron chi connectivity index (χ3n) is 1.71. The first-order valence-corrected chi connectivity index (χ1v) is 4.87. The first kappa shape index (κ1) is 10.8. The smallest absolute Gasteiger partial charge is 0.339 e. The van der Waals surface area contributed by atoms with E-state index in [0.717, 1.165) is 0 Å². The van der Waals surface area contributed by atoms with E-state index in [-0.39, 0.29) is 0 Å². The molecule has 0 aliphatic heterocycles. The molecule has 0 radical (unpaired) electrons. The van der Waals surface area contributed by atoms with E-state index in [1.807, 2.05) is 0 Å². The molecular weight excluding hydrogens is 248 g/mol. The van der Waals surface area contributed by atoms with Crippen LogP contribution >= 0.6 is 15.9 Å². The van der Waals surface area contributed by atoms with E-state index in [2.05, 4.69) is 15.9 Å². The molecule has 76 valence electrons. The minimum atomic E-state index is -0.411. The number of halogens is 1. The van der Waals surface area contributed by atoms with Crippen molar-refractivity contribution in [2.45, 2.75) is 6.92 Å². The van der Waals surface area contributed by atoms with Gasteiger partial charge in [0.1, 0.15) is 0 Å². The summed E-state index contributed by atoms with van der Waals surface area (Å²) in [6.07, 6.45) is 0. The van der Waals surface area contributed by atoms with E-state index in [0.29, 0.717) is 28.0 Å². The van der Waals surface area contributed by atoms with Gasteiger partial charge in [-0.15, -0.1) is 0 Å². The van der Waals surface area contributed by atoms with Crippen LogP contribution in [0.15, 0.2) is 16.6 Å². The van der Waals surface area contributed by atoms with Crippen molar-refractivity contribution in [1.29, 1.82) is 0 Å². The van der Waals surface area contributed by atoms with Gasteiger partial charge in [-0.3, -0.25) is 0 Å². The maximum Gasteiger partial charge on any atom is 0.339 e. The molecule has 0 unspecified atom stereocenters. The van der Waals surface area contributed by atoms with Crippen molar-refractivity contribution < 1.29 is 9.53 Å². The molecule has 0 saturated carbocycles. The number of nitrogens with two attached hydrogens (primary N) is 2. The Balaban J connectivity index is 3.11. The van der Waals surface area contributed by atoms with Gasteiger partial charge in [-0.2, -0.15) is 0 Å². The van der Waals surface area contributed by atoms with Gasteiger partial charge in [0.05, 0.1) is 28.0 Å². The van der Waals surface area contributed by atoms with Crippen molar-refractivity contribution in [3.05, 3.63) is 22.2 Å². The Bertz CT molecular complexity index is 366. The van der Waals surface area contributed by atoms with Crippen LogP contribution in [-0.2, 0) is 4.74 Å². The molecule has 0 aromatic heterocycles. The fraction of sp³-hybridized carbons (Fsp3) is 0.222. The number of ether oxygens (including phenoxy) is 1. The first-order valence-electron chi connectivity index (χ1n) is 4.08. The van der Waals surface area contributed by atoms with Crippen LogP contribution < -0.4 is 11.5 Å². The molecule has 0 fully saturated rings. The van der Waals surface area contributed by atoms with E-state index < -0.39 is 5.97 Å². The minimum absolute atomic E-state index is 0.329. The second kappa shape index (κ2) is 4.32. The summed E-state index contributed by atoms with van der Waals surface area (Å²) in [5, 5.41) is 0. The Hall–Kier alpha value is -1.23. The first-order chi connectivity index (χ1) is 6.57. The van der Waals surface area contributed by atoms with Gasteiger partial charge < -0.3 is 16.2 Å². The molecule has 0 aliphatic rings. The van der Waals surface area contributed by atoms with Crippen molar-refractivity contribution in [3.8, 4) is 0 Å². The highest BCUT2D eigenvalue weighted by molar-refractivity contribution is 9.10. The van der Waals surface area contributed by atoms with E-state index in [4.69, 9.17) is 16.2 Å². The number of anilines is 2. The van der Waals surface area contributed by atoms with Gasteiger partial charge in [-0.05, 0) is 35.0 Å². The second-order valence-corrected chi connectivity index (χ2v) is 3.44. The van der Waals surface area contributed by atoms with Crippen molar-refractivity contribution in [2.75, 3.05) is 18.1 Å². The molecule has 4 N–H and O–H groups in total. The maximum absolute atomic E-state index is 11.4. The molecule has 1 aromatic carbocycles. The number of benzene rings is 1. The highest BCUT2D eigenvalue weighted by atomic mass is 79.9. The lowest BCUT2D eigenvalue weighted by Gasteiger charge is -2.08. The Kier molecular flexibility index (Phi) is 3.35. The minimum Gasteiger partial charge on any atom is -0.462 e. The zero-order valence-electron chi connectivity index (χ0n) is 7.71. The lowest BCUT2D eigenvalue weighted by atomic mass is 10.2. The van der Waals surface area contributed by atoms with Crippen molar-refractivity contribution in [3.63, 3.8) is 0 Å². The summed E-state index contributed by atoms with van der Waals surface area (Å²) >= 11 is 3.20. The molecule has 0 heterocycles. The summed E-state index contributed by atoms with van der Waals surface area (Å²) < 4.78 is 5.32. The Morgan fingerprint density at radius 3 is 2.71 bits per heavy atom. The fourth-order valence-electron chi connectivity index (χ4n) is 0.974. The van der Waals surface area contributed by atoms with E-state index in [1.165, 1.54) is 0 Å². The van der Waals surface area contributed by atoms with Crippen LogP contribution in [0.1, 0.15) is 17.3 Å². The molecule has 0 bridgehead atoms. The summed E-state index contributed by atoms with van der Waals surface area (Å²) in [6, 6.07) is 3.15. The molecule has 0 saturated heterocycles. The number of hydrogen-bond donors (Lipinski definition) is 2. The van der Waals surface area contributed by atoms with Crippen molar-refractivity contribution >= 4 is 33.3 Å². The van der Waals surface area contributed by atoms with Crippen molar-refractivity contribution in [1.82, 2.24) is 0 Å². The van der Waals surface area contributed by atoms with Crippen molar-refractivity contribution in [2.24, 2.45) is 0 Å². The zero-order chi connectivity index (χ0) is 10.7. The highest BCUT2D eigenvalue weighted by Crippen LogP contribution is 2.29. The Morgan fingerprint density at radius 2 is 2.14 bits per heavy atom. The zero-order valence-corrected chi connectivity index (χ0v) is 9.30. The van der Waals surface area contributed by atoms with Gasteiger partial charge in [0, 0.05) is 0 Å². The number of rotatable bonds is 2. The number of esters is 1. The summed E-state index contributed by atoms with van der Waals surface area (Å²) in [7, 11) is 0. The molecule has 1 aromatic rings. The number of hydrogen-bond acceptors (Lipinski definition) is 4. The summed E-state index contributed by atoms with van der Waals surface area (Å²) in [4.78, 5) is 11.4. The molecule has 14 heavy (non-hydrogen) atoms. The fourth-order valence-corrected chi connectivity index (χ4v) is 1.50. The average molecular weight is 259 g/mol. The van der Waals surface area contributed by atoms with Crippen LogP contribution in [-0.4, -0.2) is 12.6 Å². The lowest BCUT2D eigenvalue weighted by molar-refractivity contribution is 0.0525. The quantitative estimate of drug-likeness (QED) is 0.627. The van der Waals surface area contributed by atoms with Crippen LogP contribution in [0.4, 0.5) is 11.4 Å². The Morgan fingerprint density at radius 1 is 1.50 bits per heavy atom. The van der Waals surface area contributed by atoms with Crippen LogP contribution in [0, 0.1) is 0 Å². The summed E-state index contributed by atoms with van der Waals surface area (Å²) in [5.74, 6) is -0.411. The van der Waals surface area contributed by atoms with Crippen LogP contribution in [0.2, 0.25) is 0 Å². The van der Waals surface area contributed by atoms with Gasteiger partial charge in [0.2, 0.25) is 0 Å². The molecule has 0 amide bonds. The molecule has 0 atom stereocenters.